The lowest BCUT2D eigenvalue weighted by atomic mass is 9.95. The predicted molar refractivity (Wildman–Crippen MR) is 143 cm³/mol. The number of nitrogens with zero attached hydrogens (tertiary/aromatic N) is 5. The Hall–Kier alpha value is -4.99. The molecule has 6 rings (SSSR count). The molecule has 38 heavy (non-hydrogen) atoms. The molecule has 3 N–H and O–H groups in total. The lowest BCUT2D eigenvalue weighted by Gasteiger charge is -2.17. The summed E-state index contributed by atoms with van der Waals surface area (Å²) in [5.41, 5.74) is 4.69. The Morgan fingerprint density at radius 1 is 1.00 bits per heavy atom. The number of anilines is 1. The van der Waals surface area contributed by atoms with Crippen molar-refractivity contribution in [3.05, 3.63) is 73.1 Å². The zero-order valence-corrected chi connectivity index (χ0v) is 20.9. The molecule has 0 aliphatic heterocycles. The van der Waals surface area contributed by atoms with E-state index < -0.39 is 11.2 Å². The summed E-state index contributed by atoms with van der Waals surface area (Å²) in [4.78, 5) is 33.5. The Morgan fingerprint density at radius 2 is 1.87 bits per heavy atom. The van der Waals surface area contributed by atoms with Crippen molar-refractivity contribution >= 4 is 33.7 Å². The normalized spacial score (nSPS) is 11.8. The molecule has 9 nitrogen and oxygen atoms in total. The van der Waals surface area contributed by atoms with Gasteiger partial charge < -0.3 is 10.3 Å². The Balaban J connectivity index is 1.43. The molecule has 0 radical (unpaired) electrons. The van der Waals surface area contributed by atoms with E-state index in [0.717, 1.165) is 16.8 Å². The highest BCUT2D eigenvalue weighted by molar-refractivity contribution is 5.98. The molecule has 0 saturated heterocycles. The number of fused-ring (bicyclic) bond motifs is 2. The molecule has 0 unspecified atom stereocenters. The minimum atomic E-state index is -0.580. The van der Waals surface area contributed by atoms with E-state index in [1.165, 1.54) is 12.3 Å². The first-order valence-electron chi connectivity index (χ1n) is 12.0. The molecule has 0 spiro atoms. The highest BCUT2D eigenvalue weighted by Gasteiger charge is 2.22. The molecule has 0 aliphatic rings. The van der Waals surface area contributed by atoms with Crippen molar-refractivity contribution in [1.82, 2.24) is 35.1 Å². The van der Waals surface area contributed by atoms with Gasteiger partial charge >= 0.3 is 0 Å². The van der Waals surface area contributed by atoms with Crippen LogP contribution in [-0.4, -0.2) is 41.0 Å². The molecule has 1 aromatic carbocycles. The molecular formula is C28H23FN8O. The zero-order valence-electron chi connectivity index (χ0n) is 20.9. The third kappa shape index (κ3) is 4.15. The summed E-state index contributed by atoms with van der Waals surface area (Å²) >= 11 is 0. The van der Waals surface area contributed by atoms with Gasteiger partial charge in [0, 0.05) is 52.1 Å². The number of benzene rings is 1. The van der Waals surface area contributed by atoms with E-state index in [1.807, 2.05) is 45.0 Å². The maximum absolute atomic E-state index is 15.2. The van der Waals surface area contributed by atoms with Crippen LogP contribution in [0.4, 0.5) is 10.1 Å². The first-order chi connectivity index (χ1) is 18.3. The van der Waals surface area contributed by atoms with Crippen molar-refractivity contribution in [3.63, 3.8) is 0 Å². The lowest BCUT2D eigenvalue weighted by Crippen LogP contribution is -2.27. The van der Waals surface area contributed by atoms with E-state index in [9.17, 15) is 4.79 Å². The van der Waals surface area contributed by atoms with Gasteiger partial charge in [-0.15, -0.1) is 0 Å². The van der Waals surface area contributed by atoms with Crippen molar-refractivity contribution in [1.29, 1.82) is 0 Å². The number of aromatic amines is 2. The number of carbonyl (C=O) groups excluding carboxylic acids is 1. The number of hydrogen-bond acceptors (Lipinski definition) is 6. The van der Waals surface area contributed by atoms with Gasteiger partial charge in [-0.1, -0.05) is 26.8 Å². The summed E-state index contributed by atoms with van der Waals surface area (Å²) in [5.74, 6) is -0.116. The molecule has 5 aromatic heterocycles. The van der Waals surface area contributed by atoms with E-state index in [-0.39, 0.29) is 5.91 Å². The summed E-state index contributed by atoms with van der Waals surface area (Å²) in [6.45, 7) is 5.46. The third-order valence-corrected chi connectivity index (χ3v) is 6.20. The number of pyridine rings is 3. The Kier molecular flexibility index (Phi) is 5.45. The number of H-pyrrole nitrogens is 2. The fraction of sp³-hybridized carbons (Fsp3) is 0.143. The van der Waals surface area contributed by atoms with Gasteiger partial charge in [-0.25, -0.2) is 14.4 Å². The number of halogens is 1. The molecule has 1 amide bonds. The van der Waals surface area contributed by atoms with Crippen molar-refractivity contribution in [2.45, 2.75) is 20.8 Å². The topological polar surface area (TPSA) is 125 Å². The quantitative estimate of drug-likeness (QED) is 0.280. The number of carbonyl (C=O) groups is 1. The van der Waals surface area contributed by atoms with Crippen LogP contribution >= 0.6 is 0 Å². The summed E-state index contributed by atoms with van der Waals surface area (Å²) < 4.78 is 15.2. The predicted octanol–water partition coefficient (Wildman–Crippen LogP) is 5.75. The van der Waals surface area contributed by atoms with E-state index in [1.54, 1.807) is 30.7 Å². The first-order valence-corrected chi connectivity index (χ1v) is 12.0. The van der Waals surface area contributed by atoms with E-state index >= 15 is 4.39 Å². The van der Waals surface area contributed by atoms with Gasteiger partial charge in [-0.05, 0) is 30.3 Å². The van der Waals surface area contributed by atoms with Crippen LogP contribution in [0, 0.1) is 11.2 Å². The highest BCUT2D eigenvalue weighted by atomic mass is 19.1. The van der Waals surface area contributed by atoms with Gasteiger partial charge in [0.05, 0.1) is 28.6 Å². The average molecular weight is 507 g/mol. The van der Waals surface area contributed by atoms with Crippen molar-refractivity contribution in [2.75, 3.05) is 5.32 Å². The van der Waals surface area contributed by atoms with Crippen LogP contribution in [0.2, 0.25) is 0 Å². The summed E-state index contributed by atoms with van der Waals surface area (Å²) in [6.07, 6.45) is 6.51. The molecular weight excluding hydrogens is 483 g/mol. The van der Waals surface area contributed by atoms with Gasteiger partial charge in [0.1, 0.15) is 11.5 Å². The van der Waals surface area contributed by atoms with E-state index in [4.69, 9.17) is 0 Å². The number of rotatable bonds is 4. The zero-order chi connectivity index (χ0) is 26.4. The van der Waals surface area contributed by atoms with E-state index in [0.29, 0.717) is 44.9 Å². The number of aromatic nitrogens is 7. The number of imidazole rings is 1. The third-order valence-electron chi connectivity index (χ3n) is 6.20. The molecule has 6 aromatic rings. The fourth-order valence-corrected chi connectivity index (χ4v) is 4.17. The van der Waals surface area contributed by atoms with Gasteiger partial charge in [0.2, 0.25) is 5.91 Å². The van der Waals surface area contributed by atoms with Crippen molar-refractivity contribution in [2.24, 2.45) is 5.41 Å². The summed E-state index contributed by atoms with van der Waals surface area (Å²) in [6, 6.07) is 12.4. The number of nitrogens with one attached hydrogen (secondary N) is 3. The lowest BCUT2D eigenvalue weighted by molar-refractivity contribution is -0.123. The van der Waals surface area contributed by atoms with Crippen LogP contribution < -0.4 is 5.32 Å². The van der Waals surface area contributed by atoms with Crippen LogP contribution in [0.25, 0.3) is 56.0 Å². The number of amides is 1. The first kappa shape index (κ1) is 23.4. The molecule has 10 heteroatoms. The summed E-state index contributed by atoms with van der Waals surface area (Å²) in [7, 11) is 0. The molecule has 188 valence electrons. The average Bonchev–Trinajstić information content (AvgIpc) is 3.52. The van der Waals surface area contributed by atoms with Crippen LogP contribution in [0.1, 0.15) is 20.8 Å². The highest BCUT2D eigenvalue weighted by Crippen LogP contribution is 2.34. The Labute approximate surface area is 216 Å². The van der Waals surface area contributed by atoms with Crippen LogP contribution in [-0.2, 0) is 4.79 Å². The molecule has 0 saturated carbocycles. The largest absolute Gasteiger partial charge is 0.335 e. The number of hydrogen-bond donors (Lipinski definition) is 3. The fourth-order valence-electron chi connectivity index (χ4n) is 4.17. The van der Waals surface area contributed by atoms with Gasteiger partial charge in [0.15, 0.2) is 11.5 Å². The van der Waals surface area contributed by atoms with Gasteiger partial charge in [0.25, 0.3) is 0 Å². The monoisotopic (exact) mass is 506 g/mol. The maximum atomic E-state index is 15.2. The van der Waals surface area contributed by atoms with Crippen LogP contribution in [0.15, 0.2) is 67.3 Å². The van der Waals surface area contributed by atoms with E-state index in [2.05, 4.69) is 40.4 Å². The molecule has 5 heterocycles. The molecule has 0 bridgehead atoms. The van der Waals surface area contributed by atoms with Crippen molar-refractivity contribution < 1.29 is 9.18 Å². The second kappa shape index (κ2) is 8.84. The second-order valence-corrected chi connectivity index (χ2v) is 9.97. The van der Waals surface area contributed by atoms with Gasteiger partial charge in [-0.3, -0.25) is 19.9 Å². The molecule has 0 aliphatic carbocycles. The summed E-state index contributed by atoms with van der Waals surface area (Å²) in [5, 5.41) is 10.8. The Morgan fingerprint density at radius 3 is 2.66 bits per heavy atom. The molecule has 0 fully saturated rings. The standard InChI is InChI=1S/C28H23FN8O/c1-28(2,3)27(38)33-16-10-15(13-30-14-16)18-11-19-22(12-20(18)29)36-37-24(19)26-34-23-17(7-9-32-25(23)35-26)21-6-4-5-8-31-21/h4-14H,1-3H3,(H,33,38)(H,36,37)(H,32,34,35). The maximum Gasteiger partial charge on any atom is 0.229 e. The Bertz CT molecular complexity index is 1820. The SMILES string of the molecule is CC(C)(C)C(=O)Nc1cncc(-c2cc3c(-c4nc5nccc(-c6ccccn6)c5[nH]4)n[nH]c3cc2F)c1. The minimum absolute atomic E-state index is 0.159. The molecule has 0 atom stereocenters. The van der Waals surface area contributed by atoms with Crippen LogP contribution in [0.5, 0.6) is 0 Å². The minimum Gasteiger partial charge on any atom is -0.335 e. The van der Waals surface area contributed by atoms with Crippen molar-refractivity contribution in [3.8, 4) is 33.9 Å². The van der Waals surface area contributed by atoms with Gasteiger partial charge in [-0.2, -0.15) is 5.10 Å². The van der Waals surface area contributed by atoms with Crippen LogP contribution in [0.3, 0.4) is 0 Å². The second-order valence-electron chi connectivity index (χ2n) is 9.97. The smallest absolute Gasteiger partial charge is 0.229 e.